The van der Waals surface area contributed by atoms with E-state index in [4.69, 9.17) is 15.1 Å². The highest BCUT2D eigenvalue weighted by atomic mass is 16.5. The summed E-state index contributed by atoms with van der Waals surface area (Å²) in [6.07, 6.45) is 1.41. The summed E-state index contributed by atoms with van der Waals surface area (Å²) in [6.45, 7) is 0.408. The Labute approximate surface area is 63.8 Å². The molecule has 0 atom stereocenters. The third-order valence-electron chi connectivity index (χ3n) is 1.07. The highest BCUT2D eigenvalue weighted by Crippen LogP contribution is 2.01. The van der Waals surface area contributed by atoms with E-state index in [1.807, 2.05) is 0 Å². The van der Waals surface area contributed by atoms with E-state index in [0.29, 0.717) is 18.1 Å². The number of methoxy groups -OCH3 is 1. The summed E-state index contributed by atoms with van der Waals surface area (Å²) in [5.41, 5.74) is 0.597. The topological polar surface area (TPSA) is 73.6 Å². The first-order chi connectivity index (χ1) is 5.36. The molecule has 0 fully saturated rings. The lowest BCUT2D eigenvalue weighted by Gasteiger charge is -1.86. The molecule has 0 saturated heterocycles. The molecule has 0 aliphatic heterocycles. The van der Waals surface area contributed by atoms with Crippen molar-refractivity contribution in [1.82, 2.24) is 5.16 Å². The van der Waals surface area contributed by atoms with Crippen LogP contribution in [-0.2, 0) is 11.3 Å². The molecular weight excluding hydrogens is 146 g/mol. The Morgan fingerprint density at radius 1 is 1.91 bits per heavy atom. The number of hydrogen-bond donors (Lipinski definition) is 1. The molecule has 0 spiro atoms. The molecule has 0 radical (unpaired) electrons. The standard InChI is InChI=1S/C6H9N3O2/c1-10-4-6-2-5(3-8-7)9-11-6/h2-3H,4,7H2,1H3/b8-3+. The highest BCUT2D eigenvalue weighted by molar-refractivity contribution is 5.76. The minimum absolute atomic E-state index is 0.408. The van der Waals surface area contributed by atoms with Gasteiger partial charge in [0.15, 0.2) is 5.76 Å². The van der Waals surface area contributed by atoms with Gasteiger partial charge in [0, 0.05) is 13.2 Å². The molecule has 0 bridgehead atoms. The third-order valence-corrected chi connectivity index (χ3v) is 1.07. The Morgan fingerprint density at radius 2 is 2.73 bits per heavy atom. The van der Waals surface area contributed by atoms with Gasteiger partial charge in [-0.1, -0.05) is 5.16 Å². The maximum Gasteiger partial charge on any atom is 0.163 e. The summed E-state index contributed by atoms with van der Waals surface area (Å²) in [7, 11) is 1.58. The van der Waals surface area contributed by atoms with Crippen LogP contribution in [-0.4, -0.2) is 18.5 Å². The molecule has 0 aliphatic carbocycles. The van der Waals surface area contributed by atoms with E-state index in [-0.39, 0.29) is 0 Å². The predicted octanol–water partition coefficient (Wildman–Crippen LogP) is 0.114. The lowest BCUT2D eigenvalue weighted by molar-refractivity contribution is 0.156. The van der Waals surface area contributed by atoms with Gasteiger partial charge in [-0.05, 0) is 0 Å². The Kier molecular flexibility index (Phi) is 2.62. The summed E-state index contributed by atoms with van der Waals surface area (Å²) in [5.74, 6) is 5.56. The number of aromatic nitrogens is 1. The van der Waals surface area contributed by atoms with Crippen LogP contribution in [0.5, 0.6) is 0 Å². The summed E-state index contributed by atoms with van der Waals surface area (Å²) in [5, 5.41) is 6.93. The van der Waals surface area contributed by atoms with Gasteiger partial charge >= 0.3 is 0 Å². The third kappa shape index (κ3) is 2.05. The Morgan fingerprint density at radius 3 is 3.36 bits per heavy atom. The number of nitrogens with two attached hydrogens (primary N) is 1. The van der Waals surface area contributed by atoms with Gasteiger partial charge in [-0.15, -0.1) is 0 Å². The van der Waals surface area contributed by atoms with E-state index >= 15 is 0 Å². The Hall–Kier alpha value is -1.36. The average molecular weight is 155 g/mol. The molecule has 1 heterocycles. The molecular formula is C6H9N3O2. The zero-order valence-corrected chi connectivity index (χ0v) is 6.15. The van der Waals surface area contributed by atoms with Crippen molar-refractivity contribution in [2.75, 3.05) is 7.11 Å². The number of nitrogens with zero attached hydrogens (tertiary/aromatic N) is 2. The van der Waals surface area contributed by atoms with Crippen molar-refractivity contribution in [2.24, 2.45) is 10.9 Å². The van der Waals surface area contributed by atoms with Gasteiger partial charge < -0.3 is 15.1 Å². The van der Waals surface area contributed by atoms with Crippen molar-refractivity contribution in [2.45, 2.75) is 6.61 Å². The quantitative estimate of drug-likeness (QED) is 0.382. The van der Waals surface area contributed by atoms with E-state index in [2.05, 4.69) is 10.3 Å². The van der Waals surface area contributed by atoms with Gasteiger partial charge in [-0.3, -0.25) is 0 Å². The molecule has 0 aromatic carbocycles. The van der Waals surface area contributed by atoms with Crippen LogP contribution in [0.3, 0.4) is 0 Å². The van der Waals surface area contributed by atoms with Crippen molar-refractivity contribution < 1.29 is 9.26 Å². The molecule has 0 saturated carbocycles. The first-order valence-corrected chi connectivity index (χ1v) is 3.04. The van der Waals surface area contributed by atoms with Crippen LogP contribution in [0.2, 0.25) is 0 Å². The number of hydrogen-bond acceptors (Lipinski definition) is 5. The predicted molar refractivity (Wildman–Crippen MR) is 39.0 cm³/mol. The second-order valence-electron chi connectivity index (χ2n) is 1.93. The molecule has 0 aliphatic rings. The molecule has 5 heteroatoms. The van der Waals surface area contributed by atoms with Crippen LogP contribution < -0.4 is 5.84 Å². The lowest BCUT2D eigenvalue weighted by Crippen LogP contribution is -1.85. The molecule has 1 aromatic rings. The van der Waals surface area contributed by atoms with E-state index in [9.17, 15) is 0 Å². The van der Waals surface area contributed by atoms with Gasteiger partial charge in [-0.2, -0.15) is 5.10 Å². The summed E-state index contributed by atoms with van der Waals surface area (Å²) >= 11 is 0. The molecule has 2 N–H and O–H groups in total. The fourth-order valence-corrected chi connectivity index (χ4v) is 0.676. The summed E-state index contributed by atoms with van der Waals surface area (Å²) < 4.78 is 9.65. The molecule has 11 heavy (non-hydrogen) atoms. The zero-order valence-electron chi connectivity index (χ0n) is 6.15. The number of rotatable bonds is 3. The molecule has 0 amide bonds. The summed E-state index contributed by atoms with van der Waals surface area (Å²) in [4.78, 5) is 0. The first-order valence-electron chi connectivity index (χ1n) is 3.04. The molecule has 1 aromatic heterocycles. The van der Waals surface area contributed by atoms with E-state index < -0.39 is 0 Å². The molecule has 1 rings (SSSR count). The second kappa shape index (κ2) is 3.72. The maximum absolute atomic E-state index is 4.90. The van der Waals surface area contributed by atoms with Crippen LogP contribution in [0.1, 0.15) is 11.5 Å². The largest absolute Gasteiger partial charge is 0.377 e. The fourth-order valence-electron chi connectivity index (χ4n) is 0.676. The Bertz CT molecular complexity index is 244. The summed E-state index contributed by atoms with van der Waals surface area (Å²) in [6, 6.07) is 1.71. The number of hydrazone groups is 1. The van der Waals surface area contributed by atoms with Crippen LogP contribution >= 0.6 is 0 Å². The van der Waals surface area contributed by atoms with E-state index in [0.717, 1.165) is 0 Å². The number of ether oxygens (including phenoxy) is 1. The van der Waals surface area contributed by atoms with Crippen molar-refractivity contribution in [1.29, 1.82) is 0 Å². The average Bonchev–Trinajstić information content (AvgIpc) is 2.38. The van der Waals surface area contributed by atoms with E-state index in [1.165, 1.54) is 6.21 Å². The highest BCUT2D eigenvalue weighted by Gasteiger charge is 1.99. The molecule has 5 nitrogen and oxygen atoms in total. The van der Waals surface area contributed by atoms with E-state index in [1.54, 1.807) is 13.2 Å². The lowest BCUT2D eigenvalue weighted by atomic mass is 10.4. The fraction of sp³-hybridized carbons (Fsp3) is 0.333. The Balaban J connectivity index is 2.65. The van der Waals surface area contributed by atoms with Crippen molar-refractivity contribution in [3.8, 4) is 0 Å². The SMILES string of the molecule is COCc1cc(/C=N/N)no1. The van der Waals surface area contributed by atoms with Gasteiger partial charge in [0.1, 0.15) is 12.3 Å². The smallest absolute Gasteiger partial charge is 0.163 e. The van der Waals surface area contributed by atoms with Crippen molar-refractivity contribution >= 4 is 6.21 Å². The van der Waals surface area contributed by atoms with Gasteiger partial charge in [0.05, 0.1) is 6.21 Å². The monoisotopic (exact) mass is 155 g/mol. The first kappa shape index (κ1) is 7.74. The van der Waals surface area contributed by atoms with Gasteiger partial charge in [0.2, 0.25) is 0 Å². The van der Waals surface area contributed by atoms with Gasteiger partial charge in [-0.25, -0.2) is 0 Å². The molecule has 60 valence electrons. The second-order valence-corrected chi connectivity index (χ2v) is 1.93. The van der Waals surface area contributed by atoms with Crippen LogP contribution in [0.15, 0.2) is 15.7 Å². The van der Waals surface area contributed by atoms with Crippen LogP contribution in [0.25, 0.3) is 0 Å². The maximum atomic E-state index is 4.90. The van der Waals surface area contributed by atoms with Crippen LogP contribution in [0.4, 0.5) is 0 Å². The van der Waals surface area contributed by atoms with Crippen molar-refractivity contribution in [3.05, 3.63) is 17.5 Å². The zero-order chi connectivity index (χ0) is 8.10. The minimum atomic E-state index is 0.408. The molecule has 0 unspecified atom stereocenters. The normalized spacial score (nSPS) is 11.0. The van der Waals surface area contributed by atoms with Crippen molar-refractivity contribution in [3.63, 3.8) is 0 Å². The minimum Gasteiger partial charge on any atom is -0.377 e. The van der Waals surface area contributed by atoms with Crippen LogP contribution in [0, 0.1) is 0 Å². The van der Waals surface area contributed by atoms with Gasteiger partial charge in [0.25, 0.3) is 0 Å².